The molecular formula is C19H20N2O3. The Bertz CT molecular complexity index is 856. The van der Waals surface area contributed by atoms with Gasteiger partial charge in [-0.2, -0.15) is 0 Å². The maximum absolute atomic E-state index is 12.3. The smallest absolute Gasteiger partial charge is 0.340 e. The molecule has 0 amide bonds. The van der Waals surface area contributed by atoms with E-state index in [1.54, 1.807) is 6.26 Å². The van der Waals surface area contributed by atoms with E-state index < -0.39 is 0 Å². The first-order valence-electron chi connectivity index (χ1n) is 7.85. The topological polar surface area (TPSA) is 64.4 Å². The zero-order valence-corrected chi connectivity index (χ0v) is 14.0. The van der Waals surface area contributed by atoms with E-state index in [1.807, 2.05) is 50.2 Å². The van der Waals surface area contributed by atoms with Crippen LogP contribution in [0.2, 0.25) is 0 Å². The van der Waals surface area contributed by atoms with Crippen LogP contribution in [-0.2, 0) is 11.3 Å². The quantitative estimate of drug-likeness (QED) is 0.724. The lowest BCUT2D eigenvalue weighted by Gasteiger charge is -2.16. The number of pyridine rings is 1. The fourth-order valence-electron chi connectivity index (χ4n) is 2.83. The van der Waals surface area contributed by atoms with Gasteiger partial charge < -0.3 is 14.5 Å². The van der Waals surface area contributed by atoms with Gasteiger partial charge in [0, 0.05) is 11.9 Å². The molecule has 0 aliphatic carbocycles. The summed E-state index contributed by atoms with van der Waals surface area (Å²) in [6.45, 7) is 4.37. The third kappa shape index (κ3) is 3.03. The van der Waals surface area contributed by atoms with Gasteiger partial charge in [0.05, 0.1) is 36.2 Å². The highest BCUT2D eigenvalue weighted by Crippen LogP contribution is 2.24. The van der Waals surface area contributed by atoms with Gasteiger partial charge in [0.15, 0.2) is 0 Å². The van der Waals surface area contributed by atoms with Crippen LogP contribution in [0.15, 0.2) is 47.1 Å². The molecule has 1 aromatic carbocycles. The van der Waals surface area contributed by atoms with Gasteiger partial charge in [0.2, 0.25) is 0 Å². The number of para-hydroxylation sites is 1. The van der Waals surface area contributed by atoms with Crippen molar-refractivity contribution >= 4 is 16.9 Å². The van der Waals surface area contributed by atoms with Gasteiger partial charge in [-0.05, 0) is 37.6 Å². The molecule has 124 valence electrons. The molecule has 0 fully saturated rings. The van der Waals surface area contributed by atoms with Crippen molar-refractivity contribution in [3.8, 4) is 0 Å². The Balaban J connectivity index is 1.97. The SMILES string of the molecule is COC(=O)c1c(CN[C@@H](C)c2ccco2)nc2ccccc2c1C. The number of carbonyl (C=O) groups is 1. The van der Waals surface area contributed by atoms with Crippen LogP contribution in [0.3, 0.4) is 0 Å². The molecular weight excluding hydrogens is 304 g/mol. The van der Waals surface area contributed by atoms with E-state index in [0.717, 1.165) is 22.2 Å². The number of hydrogen-bond donors (Lipinski definition) is 1. The summed E-state index contributed by atoms with van der Waals surface area (Å²) in [5.74, 6) is 0.473. The lowest BCUT2D eigenvalue weighted by molar-refractivity contribution is 0.0598. The summed E-state index contributed by atoms with van der Waals surface area (Å²) >= 11 is 0. The first-order valence-corrected chi connectivity index (χ1v) is 7.85. The summed E-state index contributed by atoms with van der Waals surface area (Å²) < 4.78 is 10.4. The second-order valence-corrected chi connectivity index (χ2v) is 5.69. The van der Waals surface area contributed by atoms with Crippen LogP contribution in [0, 0.1) is 6.92 Å². The second kappa shape index (κ2) is 6.84. The van der Waals surface area contributed by atoms with Gasteiger partial charge in [-0.1, -0.05) is 18.2 Å². The van der Waals surface area contributed by atoms with E-state index in [1.165, 1.54) is 7.11 Å². The number of benzene rings is 1. The van der Waals surface area contributed by atoms with Crippen LogP contribution in [0.5, 0.6) is 0 Å². The molecule has 0 radical (unpaired) electrons. The summed E-state index contributed by atoms with van der Waals surface area (Å²) in [6.07, 6.45) is 1.64. The molecule has 2 aromatic heterocycles. The average Bonchev–Trinajstić information content (AvgIpc) is 3.14. The summed E-state index contributed by atoms with van der Waals surface area (Å²) in [6, 6.07) is 11.6. The number of aromatic nitrogens is 1. The molecule has 5 nitrogen and oxygen atoms in total. The third-order valence-electron chi connectivity index (χ3n) is 4.16. The first-order chi connectivity index (χ1) is 11.6. The molecule has 0 saturated carbocycles. The van der Waals surface area contributed by atoms with Crippen molar-refractivity contribution in [2.24, 2.45) is 0 Å². The number of ether oxygens (including phenoxy) is 1. The highest BCUT2D eigenvalue weighted by Gasteiger charge is 2.20. The van der Waals surface area contributed by atoms with Crippen molar-refractivity contribution in [2.75, 3.05) is 7.11 Å². The maximum atomic E-state index is 12.3. The standard InChI is InChI=1S/C19H20N2O3/c1-12-14-7-4-5-8-15(14)21-16(18(12)19(22)23-3)11-20-13(2)17-9-6-10-24-17/h4-10,13,20H,11H2,1-3H3/t13-/m0/s1. The Morgan fingerprint density at radius 1 is 1.29 bits per heavy atom. The van der Waals surface area contributed by atoms with Gasteiger partial charge >= 0.3 is 5.97 Å². The van der Waals surface area contributed by atoms with Gasteiger partial charge in [-0.15, -0.1) is 0 Å². The normalized spacial score (nSPS) is 12.3. The number of carbonyl (C=O) groups excluding carboxylic acids is 1. The van der Waals surface area contributed by atoms with E-state index in [2.05, 4.69) is 10.3 Å². The fraction of sp³-hybridized carbons (Fsp3) is 0.263. The molecule has 0 aliphatic heterocycles. The number of furan rings is 1. The average molecular weight is 324 g/mol. The predicted octanol–water partition coefficient (Wildman–Crippen LogP) is 3.77. The molecule has 0 bridgehead atoms. The number of rotatable bonds is 5. The number of aryl methyl sites for hydroxylation is 1. The lowest BCUT2D eigenvalue weighted by Crippen LogP contribution is -2.21. The monoisotopic (exact) mass is 324 g/mol. The summed E-state index contributed by atoms with van der Waals surface area (Å²) in [5, 5.41) is 4.31. The van der Waals surface area contributed by atoms with Crippen LogP contribution in [0.4, 0.5) is 0 Å². The van der Waals surface area contributed by atoms with Crippen LogP contribution in [0.1, 0.15) is 40.3 Å². The Morgan fingerprint density at radius 3 is 2.79 bits per heavy atom. The Hall–Kier alpha value is -2.66. The number of fused-ring (bicyclic) bond motifs is 1. The molecule has 1 N–H and O–H groups in total. The molecule has 3 rings (SSSR count). The summed E-state index contributed by atoms with van der Waals surface area (Å²) in [5.41, 5.74) is 2.95. The molecule has 2 heterocycles. The van der Waals surface area contributed by atoms with Gasteiger partial charge in [-0.3, -0.25) is 4.98 Å². The number of methoxy groups -OCH3 is 1. The first kappa shape index (κ1) is 16.2. The minimum absolute atomic E-state index is 0.0130. The molecule has 0 aliphatic rings. The van der Waals surface area contributed by atoms with Crippen LogP contribution >= 0.6 is 0 Å². The molecule has 0 saturated heterocycles. The van der Waals surface area contributed by atoms with Gasteiger partial charge in [-0.25, -0.2) is 4.79 Å². The van der Waals surface area contributed by atoms with Gasteiger partial charge in [0.25, 0.3) is 0 Å². The van der Waals surface area contributed by atoms with E-state index in [-0.39, 0.29) is 12.0 Å². The third-order valence-corrected chi connectivity index (χ3v) is 4.16. The zero-order chi connectivity index (χ0) is 17.1. The van der Waals surface area contributed by atoms with Crippen LogP contribution in [-0.4, -0.2) is 18.1 Å². The van der Waals surface area contributed by atoms with Crippen molar-refractivity contribution in [1.29, 1.82) is 0 Å². The predicted molar refractivity (Wildman–Crippen MR) is 91.8 cm³/mol. The Morgan fingerprint density at radius 2 is 2.08 bits per heavy atom. The molecule has 24 heavy (non-hydrogen) atoms. The zero-order valence-electron chi connectivity index (χ0n) is 14.0. The molecule has 3 aromatic rings. The molecule has 5 heteroatoms. The number of nitrogens with one attached hydrogen (secondary N) is 1. The van der Waals surface area contributed by atoms with Crippen molar-refractivity contribution in [3.05, 3.63) is 65.2 Å². The second-order valence-electron chi connectivity index (χ2n) is 5.69. The van der Waals surface area contributed by atoms with Crippen molar-refractivity contribution in [1.82, 2.24) is 10.3 Å². The van der Waals surface area contributed by atoms with E-state index >= 15 is 0 Å². The number of esters is 1. The lowest BCUT2D eigenvalue weighted by atomic mass is 10.0. The van der Waals surface area contributed by atoms with E-state index in [9.17, 15) is 4.79 Å². The Kier molecular flexibility index (Phi) is 4.62. The minimum atomic E-state index is -0.367. The molecule has 0 spiro atoms. The van der Waals surface area contributed by atoms with Gasteiger partial charge in [0.1, 0.15) is 5.76 Å². The van der Waals surface area contributed by atoms with E-state index in [4.69, 9.17) is 9.15 Å². The van der Waals surface area contributed by atoms with Crippen molar-refractivity contribution in [2.45, 2.75) is 26.4 Å². The largest absolute Gasteiger partial charge is 0.468 e. The minimum Gasteiger partial charge on any atom is -0.468 e. The van der Waals surface area contributed by atoms with Crippen LogP contribution in [0.25, 0.3) is 10.9 Å². The summed E-state index contributed by atoms with van der Waals surface area (Å²) in [7, 11) is 1.39. The Labute approximate surface area is 140 Å². The van der Waals surface area contributed by atoms with E-state index in [0.29, 0.717) is 17.8 Å². The highest BCUT2D eigenvalue weighted by atomic mass is 16.5. The number of nitrogens with zero attached hydrogens (tertiary/aromatic N) is 1. The van der Waals surface area contributed by atoms with Crippen LogP contribution < -0.4 is 5.32 Å². The molecule has 1 atom stereocenters. The fourth-order valence-corrected chi connectivity index (χ4v) is 2.83. The highest BCUT2D eigenvalue weighted by molar-refractivity contribution is 5.98. The number of hydrogen-bond acceptors (Lipinski definition) is 5. The maximum Gasteiger partial charge on any atom is 0.340 e. The van der Waals surface area contributed by atoms with Crippen molar-refractivity contribution < 1.29 is 13.9 Å². The summed E-state index contributed by atoms with van der Waals surface area (Å²) in [4.78, 5) is 16.9. The molecule has 0 unspecified atom stereocenters. The van der Waals surface area contributed by atoms with Crippen molar-refractivity contribution in [3.63, 3.8) is 0 Å².